The van der Waals surface area contributed by atoms with E-state index in [0.717, 1.165) is 31.2 Å². The summed E-state index contributed by atoms with van der Waals surface area (Å²) in [6, 6.07) is 3.02. The second-order valence-corrected chi connectivity index (χ2v) is 5.89. The Hall–Kier alpha value is -1.75. The van der Waals surface area contributed by atoms with Crippen LogP contribution in [0.25, 0.3) is 0 Å². The number of benzene rings is 1. The first kappa shape index (κ1) is 16.6. The Morgan fingerprint density at radius 3 is 2.77 bits per heavy atom. The van der Waals surface area contributed by atoms with E-state index in [1.165, 1.54) is 13.2 Å². The molecule has 0 bridgehead atoms. The van der Waals surface area contributed by atoms with E-state index in [1.54, 1.807) is 13.0 Å². The number of carbonyl (C=O) groups is 1. The summed E-state index contributed by atoms with van der Waals surface area (Å²) in [5, 5.41) is 19.7. The molecule has 122 valence electrons. The second-order valence-electron chi connectivity index (χ2n) is 5.89. The van der Waals surface area contributed by atoms with Gasteiger partial charge in [-0.05, 0) is 37.8 Å². The number of rotatable bonds is 1. The Labute approximate surface area is 130 Å². The quantitative estimate of drug-likeness (QED) is 0.780. The van der Waals surface area contributed by atoms with Crippen LogP contribution in [0.2, 0.25) is 0 Å². The van der Waals surface area contributed by atoms with Crippen LogP contribution in [0.1, 0.15) is 54.9 Å². The summed E-state index contributed by atoms with van der Waals surface area (Å²) in [6.07, 6.45) is 3.80. The monoisotopic (exact) mass is 308 g/mol. The number of phenolic OH excluding ortho intramolecular Hbond substituents is 1. The van der Waals surface area contributed by atoms with Gasteiger partial charge in [0.2, 0.25) is 0 Å². The highest BCUT2D eigenvalue weighted by Crippen LogP contribution is 2.31. The maximum Gasteiger partial charge on any atom is 0.342 e. The van der Waals surface area contributed by atoms with Gasteiger partial charge in [0, 0.05) is 12.5 Å². The average molecular weight is 308 g/mol. The lowest BCUT2D eigenvalue weighted by Crippen LogP contribution is -2.23. The maximum atomic E-state index is 12.5. The second kappa shape index (κ2) is 7.49. The number of ether oxygens (including phenoxy) is 2. The van der Waals surface area contributed by atoms with Crippen LogP contribution in [-0.4, -0.2) is 35.5 Å². The third kappa shape index (κ3) is 4.13. The number of hydrogen-bond acceptors (Lipinski definition) is 5. The van der Waals surface area contributed by atoms with Gasteiger partial charge in [0.05, 0.1) is 13.2 Å². The van der Waals surface area contributed by atoms with Crippen LogP contribution in [0.4, 0.5) is 0 Å². The molecule has 5 nitrogen and oxygen atoms in total. The topological polar surface area (TPSA) is 76.0 Å². The van der Waals surface area contributed by atoms with Crippen LogP contribution >= 0.6 is 0 Å². The highest BCUT2D eigenvalue weighted by Gasteiger charge is 2.23. The van der Waals surface area contributed by atoms with Crippen molar-refractivity contribution >= 4 is 5.97 Å². The van der Waals surface area contributed by atoms with E-state index in [-0.39, 0.29) is 11.9 Å². The zero-order valence-electron chi connectivity index (χ0n) is 13.2. The molecular formula is C17H24O5. The van der Waals surface area contributed by atoms with Crippen molar-refractivity contribution in [2.45, 2.75) is 57.7 Å². The number of phenols is 1. The molecule has 2 rings (SSSR count). The molecule has 22 heavy (non-hydrogen) atoms. The van der Waals surface area contributed by atoms with Gasteiger partial charge in [-0.3, -0.25) is 0 Å². The molecule has 0 radical (unpaired) electrons. The SMILES string of the molecule is COc1cc(O)cc2c1C(=O)O[C@@H](C)C[C@H](O)CCCCC2. The third-order valence-corrected chi connectivity index (χ3v) is 3.99. The highest BCUT2D eigenvalue weighted by molar-refractivity contribution is 5.94. The summed E-state index contributed by atoms with van der Waals surface area (Å²) >= 11 is 0. The fraction of sp³-hybridized carbons (Fsp3) is 0.588. The van der Waals surface area contributed by atoms with Crippen molar-refractivity contribution in [2.75, 3.05) is 7.11 Å². The molecule has 0 spiro atoms. The first-order chi connectivity index (χ1) is 10.5. The van der Waals surface area contributed by atoms with Gasteiger partial charge in [0.15, 0.2) is 0 Å². The molecule has 0 saturated carbocycles. The van der Waals surface area contributed by atoms with Gasteiger partial charge < -0.3 is 19.7 Å². The van der Waals surface area contributed by atoms with Gasteiger partial charge in [0.1, 0.15) is 23.2 Å². The third-order valence-electron chi connectivity index (χ3n) is 3.99. The van der Waals surface area contributed by atoms with E-state index < -0.39 is 12.1 Å². The van der Waals surface area contributed by atoms with Crippen LogP contribution in [-0.2, 0) is 11.2 Å². The molecule has 1 aromatic carbocycles. The van der Waals surface area contributed by atoms with Crippen LogP contribution in [0.3, 0.4) is 0 Å². The van der Waals surface area contributed by atoms with E-state index in [1.807, 2.05) is 0 Å². The molecule has 0 aromatic heterocycles. The molecule has 0 unspecified atom stereocenters. The minimum atomic E-state index is -0.466. The summed E-state index contributed by atoms with van der Waals surface area (Å²) in [5.74, 6) is -0.0594. The first-order valence-electron chi connectivity index (χ1n) is 7.80. The predicted molar refractivity (Wildman–Crippen MR) is 82.3 cm³/mol. The zero-order chi connectivity index (χ0) is 16.1. The first-order valence-corrected chi connectivity index (χ1v) is 7.80. The number of cyclic esters (lactones) is 1. The fourth-order valence-corrected chi connectivity index (χ4v) is 2.91. The van der Waals surface area contributed by atoms with Crippen LogP contribution in [0.5, 0.6) is 11.5 Å². The Bertz CT molecular complexity index is 526. The van der Waals surface area contributed by atoms with Crippen LogP contribution in [0.15, 0.2) is 12.1 Å². The molecule has 1 aliphatic heterocycles. The zero-order valence-corrected chi connectivity index (χ0v) is 13.2. The smallest absolute Gasteiger partial charge is 0.342 e. The lowest BCUT2D eigenvalue weighted by atomic mass is 9.97. The molecule has 0 aliphatic carbocycles. The molecule has 2 N–H and O–H groups in total. The maximum absolute atomic E-state index is 12.5. The van der Waals surface area contributed by atoms with Crippen molar-refractivity contribution in [1.29, 1.82) is 0 Å². The van der Waals surface area contributed by atoms with E-state index in [0.29, 0.717) is 24.2 Å². The molecule has 1 aromatic rings. The number of aliphatic hydroxyl groups excluding tert-OH is 1. The van der Waals surface area contributed by atoms with Crippen molar-refractivity contribution in [1.82, 2.24) is 0 Å². The number of aromatic hydroxyl groups is 1. The molecule has 1 heterocycles. The number of carbonyl (C=O) groups excluding carboxylic acids is 1. The number of methoxy groups -OCH3 is 1. The molecule has 1 aliphatic rings. The van der Waals surface area contributed by atoms with E-state index in [4.69, 9.17) is 9.47 Å². The number of aryl methyl sites for hydroxylation is 1. The molecule has 0 fully saturated rings. The Balaban J connectivity index is 2.35. The minimum absolute atomic E-state index is 0.0824. The lowest BCUT2D eigenvalue weighted by molar-refractivity contribution is 0.0182. The standard InChI is InChI=1S/C17H24O5/c1-11-8-13(18)7-5-3-4-6-12-9-14(19)10-15(21-2)16(12)17(20)22-11/h9-11,13,18-19H,3-8H2,1-2H3/t11-,13+/m0/s1. The number of esters is 1. The van der Waals surface area contributed by atoms with Gasteiger partial charge in [-0.25, -0.2) is 4.79 Å². The Morgan fingerprint density at radius 2 is 2.05 bits per heavy atom. The predicted octanol–water partition coefficient (Wildman–Crippen LogP) is 2.81. The van der Waals surface area contributed by atoms with E-state index in [2.05, 4.69) is 0 Å². The summed E-state index contributed by atoms with van der Waals surface area (Å²) in [4.78, 5) is 12.5. The number of fused-ring (bicyclic) bond motifs is 1. The Kier molecular flexibility index (Phi) is 5.66. The largest absolute Gasteiger partial charge is 0.508 e. The van der Waals surface area contributed by atoms with Crippen molar-refractivity contribution < 1.29 is 24.5 Å². The van der Waals surface area contributed by atoms with Crippen molar-refractivity contribution in [3.8, 4) is 11.5 Å². The number of hydrogen-bond donors (Lipinski definition) is 2. The normalized spacial score (nSPS) is 23.7. The van der Waals surface area contributed by atoms with E-state index >= 15 is 0 Å². The Morgan fingerprint density at radius 1 is 1.27 bits per heavy atom. The summed E-state index contributed by atoms with van der Waals surface area (Å²) < 4.78 is 10.7. The van der Waals surface area contributed by atoms with Crippen molar-refractivity contribution in [3.05, 3.63) is 23.3 Å². The molecule has 5 heteroatoms. The van der Waals surface area contributed by atoms with Crippen LogP contribution in [0, 0.1) is 0 Å². The van der Waals surface area contributed by atoms with Gasteiger partial charge >= 0.3 is 5.97 Å². The molecular weight excluding hydrogens is 284 g/mol. The summed E-state index contributed by atoms with van der Waals surface area (Å²) in [6.45, 7) is 1.78. The van der Waals surface area contributed by atoms with Crippen molar-refractivity contribution in [3.63, 3.8) is 0 Å². The molecule has 2 atom stereocenters. The number of aliphatic hydroxyl groups is 1. The van der Waals surface area contributed by atoms with Gasteiger partial charge in [-0.1, -0.05) is 12.8 Å². The summed E-state index contributed by atoms with van der Waals surface area (Å²) in [7, 11) is 1.46. The molecule has 0 amide bonds. The van der Waals surface area contributed by atoms with Gasteiger partial charge in [-0.2, -0.15) is 0 Å². The fourth-order valence-electron chi connectivity index (χ4n) is 2.91. The van der Waals surface area contributed by atoms with Gasteiger partial charge in [0.25, 0.3) is 0 Å². The highest BCUT2D eigenvalue weighted by atomic mass is 16.5. The lowest BCUT2D eigenvalue weighted by Gasteiger charge is -2.20. The minimum Gasteiger partial charge on any atom is -0.508 e. The van der Waals surface area contributed by atoms with Crippen LogP contribution < -0.4 is 4.74 Å². The van der Waals surface area contributed by atoms with Gasteiger partial charge in [-0.15, -0.1) is 0 Å². The van der Waals surface area contributed by atoms with E-state index in [9.17, 15) is 15.0 Å². The van der Waals surface area contributed by atoms with Crippen molar-refractivity contribution in [2.24, 2.45) is 0 Å². The average Bonchev–Trinajstić information content (AvgIpc) is 2.44. The molecule has 0 saturated heterocycles. The summed E-state index contributed by atoms with van der Waals surface area (Å²) in [5.41, 5.74) is 1.12.